The average molecular weight is 293 g/mol. The first-order valence-corrected chi connectivity index (χ1v) is 7.99. The van der Waals surface area contributed by atoms with Crippen molar-refractivity contribution >= 4 is 17.5 Å². The SMILES string of the molecule is O=C(c1cccc(CCl)c1)N1CCN2CCCCC2C1. The molecule has 2 aliphatic heterocycles. The molecular weight excluding hydrogens is 272 g/mol. The molecule has 4 heteroatoms. The number of rotatable bonds is 2. The number of carbonyl (C=O) groups excluding carboxylic acids is 1. The average Bonchev–Trinajstić information content (AvgIpc) is 2.53. The van der Waals surface area contributed by atoms with Crippen LogP contribution in [-0.4, -0.2) is 47.9 Å². The fraction of sp³-hybridized carbons (Fsp3) is 0.562. The zero-order valence-corrected chi connectivity index (χ0v) is 12.5. The normalized spacial score (nSPS) is 23.4. The molecule has 2 aliphatic rings. The van der Waals surface area contributed by atoms with Crippen molar-refractivity contribution < 1.29 is 4.79 Å². The molecule has 0 spiro atoms. The Bertz CT molecular complexity index is 491. The maximum absolute atomic E-state index is 12.6. The number of nitrogens with zero attached hydrogens (tertiary/aromatic N) is 2. The van der Waals surface area contributed by atoms with Crippen molar-refractivity contribution in [3.8, 4) is 0 Å². The van der Waals surface area contributed by atoms with Gasteiger partial charge in [-0.3, -0.25) is 9.69 Å². The zero-order chi connectivity index (χ0) is 13.9. The van der Waals surface area contributed by atoms with Crippen molar-refractivity contribution in [2.75, 3.05) is 26.2 Å². The van der Waals surface area contributed by atoms with E-state index in [1.807, 2.05) is 29.2 Å². The fourth-order valence-corrected chi connectivity index (χ4v) is 3.48. The van der Waals surface area contributed by atoms with E-state index in [-0.39, 0.29) is 5.91 Å². The third-order valence-corrected chi connectivity index (χ3v) is 4.76. The second-order valence-corrected chi connectivity index (χ2v) is 6.04. The topological polar surface area (TPSA) is 23.6 Å². The zero-order valence-electron chi connectivity index (χ0n) is 11.7. The first-order valence-electron chi connectivity index (χ1n) is 7.46. The number of piperidine rings is 1. The molecule has 0 bridgehead atoms. The van der Waals surface area contributed by atoms with E-state index in [9.17, 15) is 4.79 Å². The molecular formula is C16H21ClN2O. The summed E-state index contributed by atoms with van der Waals surface area (Å²) in [6, 6.07) is 8.26. The van der Waals surface area contributed by atoms with Crippen molar-refractivity contribution in [2.24, 2.45) is 0 Å². The third kappa shape index (κ3) is 2.84. The number of halogens is 1. The van der Waals surface area contributed by atoms with Crippen LogP contribution in [0.4, 0.5) is 0 Å². The number of piperazine rings is 1. The van der Waals surface area contributed by atoms with Gasteiger partial charge in [0.15, 0.2) is 0 Å². The molecule has 2 heterocycles. The van der Waals surface area contributed by atoms with Crippen molar-refractivity contribution in [3.05, 3.63) is 35.4 Å². The molecule has 20 heavy (non-hydrogen) atoms. The number of fused-ring (bicyclic) bond motifs is 1. The van der Waals surface area contributed by atoms with Crippen LogP contribution < -0.4 is 0 Å². The maximum atomic E-state index is 12.6. The van der Waals surface area contributed by atoms with Crippen LogP contribution in [0.25, 0.3) is 0 Å². The van der Waals surface area contributed by atoms with E-state index in [2.05, 4.69) is 4.90 Å². The second-order valence-electron chi connectivity index (χ2n) is 5.77. The van der Waals surface area contributed by atoms with Gasteiger partial charge in [0.1, 0.15) is 0 Å². The molecule has 0 aromatic heterocycles. The minimum atomic E-state index is 0.155. The van der Waals surface area contributed by atoms with Crippen LogP contribution in [0.2, 0.25) is 0 Å². The van der Waals surface area contributed by atoms with Gasteiger partial charge in [0.25, 0.3) is 5.91 Å². The molecule has 3 rings (SSSR count). The smallest absolute Gasteiger partial charge is 0.253 e. The summed E-state index contributed by atoms with van der Waals surface area (Å²) in [6.45, 7) is 3.95. The van der Waals surface area contributed by atoms with Gasteiger partial charge in [-0.2, -0.15) is 0 Å². The predicted molar refractivity (Wildman–Crippen MR) is 81.1 cm³/mol. The van der Waals surface area contributed by atoms with Gasteiger partial charge >= 0.3 is 0 Å². The summed E-state index contributed by atoms with van der Waals surface area (Å²) in [5.41, 5.74) is 1.78. The van der Waals surface area contributed by atoms with Crippen molar-refractivity contribution in [1.82, 2.24) is 9.80 Å². The van der Waals surface area contributed by atoms with Crippen molar-refractivity contribution in [2.45, 2.75) is 31.2 Å². The van der Waals surface area contributed by atoms with Crippen LogP contribution in [0.3, 0.4) is 0 Å². The van der Waals surface area contributed by atoms with E-state index in [0.717, 1.165) is 30.8 Å². The van der Waals surface area contributed by atoms with Gasteiger partial charge in [-0.25, -0.2) is 0 Å². The highest BCUT2D eigenvalue weighted by atomic mass is 35.5. The lowest BCUT2D eigenvalue weighted by molar-refractivity contribution is 0.0372. The number of carbonyl (C=O) groups is 1. The minimum absolute atomic E-state index is 0.155. The lowest BCUT2D eigenvalue weighted by Crippen LogP contribution is -2.56. The van der Waals surface area contributed by atoms with E-state index in [1.54, 1.807) is 0 Å². The Morgan fingerprint density at radius 3 is 3.00 bits per heavy atom. The van der Waals surface area contributed by atoms with E-state index in [0.29, 0.717) is 11.9 Å². The first kappa shape index (κ1) is 13.9. The molecule has 1 unspecified atom stereocenters. The molecule has 1 aromatic carbocycles. The van der Waals surface area contributed by atoms with Gasteiger partial charge in [0, 0.05) is 37.1 Å². The lowest BCUT2D eigenvalue weighted by Gasteiger charge is -2.44. The lowest BCUT2D eigenvalue weighted by atomic mass is 9.99. The Kier molecular flexibility index (Phi) is 4.27. The highest BCUT2D eigenvalue weighted by Crippen LogP contribution is 2.22. The molecule has 0 saturated carbocycles. The first-order chi connectivity index (χ1) is 9.78. The second kappa shape index (κ2) is 6.15. The van der Waals surface area contributed by atoms with Crippen LogP contribution in [0, 0.1) is 0 Å². The molecule has 108 valence electrons. The number of amides is 1. The molecule has 1 atom stereocenters. The largest absolute Gasteiger partial charge is 0.336 e. The molecule has 0 radical (unpaired) electrons. The van der Waals surface area contributed by atoms with E-state index in [4.69, 9.17) is 11.6 Å². The summed E-state index contributed by atoms with van der Waals surface area (Å²) in [4.78, 5) is 17.2. The molecule has 1 amide bonds. The fourth-order valence-electron chi connectivity index (χ4n) is 3.31. The summed E-state index contributed by atoms with van der Waals surface area (Å²) in [7, 11) is 0. The van der Waals surface area contributed by atoms with Gasteiger partial charge in [0.05, 0.1) is 0 Å². The van der Waals surface area contributed by atoms with Crippen LogP contribution >= 0.6 is 11.6 Å². The highest BCUT2D eigenvalue weighted by Gasteiger charge is 2.31. The van der Waals surface area contributed by atoms with Crippen molar-refractivity contribution in [1.29, 1.82) is 0 Å². The summed E-state index contributed by atoms with van der Waals surface area (Å²) >= 11 is 5.85. The number of benzene rings is 1. The monoisotopic (exact) mass is 292 g/mol. The van der Waals surface area contributed by atoms with Gasteiger partial charge in [-0.15, -0.1) is 11.6 Å². The molecule has 2 fully saturated rings. The van der Waals surface area contributed by atoms with Gasteiger partial charge < -0.3 is 4.90 Å². The van der Waals surface area contributed by atoms with Crippen LogP contribution in [0.5, 0.6) is 0 Å². The minimum Gasteiger partial charge on any atom is -0.336 e. The summed E-state index contributed by atoms with van der Waals surface area (Å²) in [6.07, 6.45) is 3.83. The molecule has 2 saturated heterocycles. The Morgan fingerprint density at radius 2 is 2.15 bits per heavy atom. The molecule has 1 aromatic rings. The number of alkyl halides is 1. The maximum Gasteiger partial charge on any atom is 0.253 e. The number of hydrogen-bond donors (Lipinski definition) is 0. The number of hydrogen-bond acceptors (Lipinski definition) is 2. The summed E-state index contributed by atoms with van der Waals surface area (Å²) in [5, 5.41) is 0. The van der Waals surface area contributed by atoms with Crippen molar-refractivity contribution in [3.63, 3.8) is 0 Å². The van der Waals surface area contributed by atoms with E-state index < -0.39 is 0 Å². The van der Waals surface area contributed by atoms with Gasteiger partial charge in [0.2, 0.25) is 0 Å². The standard InChI is InChI=1S/C16H21ClN2O/c17-11-13-4-3-5-14(10-13)16(20)19-9-8-18-7-2-1-6-15(18)12-19/h3-5,10,15H,1-2,6-9,11-12H2. The quantitative estimate of drug-likeness (QED) is 0.783. The van der Waals surface area contributed by atoms with Crippen LogP contribution in [0.1, 0.15) is 35.2 Å². The Hall–Kier alpha value is -1.06. The summed E-state index contributed by atoms with van der Waals surface area (Å²) < 4.78 is 0. The van der Waals surface area contributed by atoms with Crippen LogP contribution in [-0.2, 0) is 5.88 Å². The van der Waals surface area contributed by atoms with E-state index in [1.165, 1.54) is 25.8 Å². The summed E-state index contributed by atoms with van der Waals surface area (Å²) in [5.74, 6) is 0.611. The Labute approximate surface area is 125 Å². The highest BCUT2D eigenvalue weighted by molar-refractivity contribution is 6.17. The predicted octanol–water partition coefficient (Wildman–Crippen LogP) is 2.74. The molecule has 0 N–H and O–H groups in total. The molecule has 3 nitrogen and oxygen atoms in total. The third-order valence-electron chi connectivity index (χ3n) is 4.45. The Balaban J connectivity index is 1.70. The van der Waals surface area contributed by atoms with E-state index >= 15 is 0 Å². The van der Waals surface area contributed by atoms with Crippen LogP contribution in [0.15, 0.2) is 24.3 Å². The molecule has 0 aliphatic carbocycles. The van der Waals surface area contributed by atoms with Gasteiger partial charge in [-0.1, -0.05) is 18.6 Å². The Morgan fingerprint density at radius 1 is 1.25 bits per heavy atom. The van der Waals surface area contributed by atoms with Gasteiger partial charge in [-0.05, 0) is 37.1 Å².